The van der Waals surface area contributed by atoms with Crippen molar-refractivity contribution in [3.05, 3.63) is 36.5 Å². The van der Waals surface area contributed by atoms with Crippen molar-refractivity contribution in [3.8, 4) is 0 Å². The molecule has 116 valence electrons. The summed E-state index contributed by atoms with van der Waals surface area (Å²) in [4.78, 5) is 18.9. The molecule has 1 heterocycles. The molecular weight excluding hydrogens is 274 g/mol. The lowest BCUT2D eigenvalue weighted by Crippen LogP contribution is -2.53. The number of pyridine rings is 1. The van der Waals surface area contributed by atoms with Gasteiger partial charge < -0.3 is 10.2 Å². The van der Waals surface area contributed by atoms with Crippen molar-refractivity contribution in [1.29, 1.82) is 0 Å². The van der Waals surface area contributed by atoms with E-state index in [2.05, 4.69) is 16.4 Å². The van der Waals surface area contributed by atoms with Crippen LogP contribution in [0.15, 0.2) is 36.5 Å². The van der Waals surface area contributed by atoms with Gasteiger partial charge in [-0.15, -0.1) is 0 Å². The Bertz CT molecular complexity index is 670. The molecule has 4 nitrogen and oxygen atoms in total. The van der Waals surface area contributed by atoms with Crippen LogP contribution in [0.4, 0.5) is 5.69 Å². The molecule has 1 N–H and O–H groups in total. The van der Waals surface area contributed by atoms with Crippen molar-refractivity contribution in [3.63, 3.8) is 0 Å². The van der Waals surface area contributed by atoms with Gasteiger partial charge in [0.15, 0.2) is 0 Å². The maximum Gasteiger partial charge on any atom is 0.247 e. The lowest BCUT2D eigenvalue weighted by molar-refractivity contribution is -0.134. The van der Waals surface area contributed by atoms with Gasteiger partial charge in [-0.3, -0.25) is 9.78 Å². The smallest absolute Gasteiger partial charge is 0.247 e. The van der Waals surface area contributed by atoms with Crippen molar-refractivity contribution in [1.82, 2.24) is 9.88 Å². The number of nitrogens with zero attached hydrogens (tertiary/aromatic N) is 2. The Morgan fingerprint density at radius 3 is 2.59 bits per heavy atom. The monoisotopic (exact) mass is 297 g/mol. The molecule has 0 atom stereocenters. The highest BCUT2D eigenvalue weighted by atomic mass is 16.2. The van der Waals surface area contributed by atoms with Crippen LogP contribution < -0.4 is 5.32 Å². The Labute approximate surface area is 131 Å². The number of likely N-dealkylation sites (N-methyl/N-ethyl adjacent to an activating group) is 1. The third-order valence-electron chi connectivity index (χ3n) is 4.55. The predicted octanol–water partition coefficient (Wildman–Crippen LogP) is 3.44. The lowest BCUT2D eigenvalue weighted by atomic mass is 9.80. The Hall–Kier alpha value is -2.10. The summed E-state index contributed by atoms with van der Waals surface area (Å²) >= 11 is 0. The average Bonchev–Trinajstić information content (AvgIpc) is 2.55. The number of nitrogens with one attached hydrogen (secondary N) is 1. The van der Waals surface area contributed by atoms with E-state index in [-0.39, 0.29) is 5.91 Å². The number of fused-ring (bicyclic) bond motifs is 1. The SMILES string of the molecule is CN(C)C(=O)C1(Nc2ccnc3ccccc23)CCCCC1. The summed E-state index contributed by atoms with van der Waals surface area (Å²) in [7, 11) is 3.68. The van der Waals surface area contributed by atoms with Crippen molar-refractivity contribution in [2.45, 2.75) is 37.6 Å². The van der Waals surface area contributed by atoms with Crippen LogP contribution in [-0.4, -0.2) is 35.4 Å². The number of para-hydroxylation sites is 1. The third kappa shape index (κ3) is 2.65. The van der Waals surface area contributed by atoms with Gasteiger partial charge in [0, 0.05) is 31.4 Å². The molecule has 3 rings (SSSR count). The molecule has 1 aromatic carbocycles. The minimum atomic E-state index is -0.480. The number of rotatable bonds is 3. The fraction of sp³-hybridized carbons (Fsp3) is 0.444. The molecule has 1 amide bonds. The van der Waals surface area contributed by atoms with Crippen molar-refractivity contribution in [2.24, 2.45) is 0 Å². The Balaban J connectivity index is 2.01. The Morgan fingerprint density at radius 1 is 1.14 bits per heavy atom. The number of hydrogen-bond donors (Lipinski definition) is 1. The summed E-state index contributed by atoms with van der Waals surface area (Å²) in [6.45, 7) is 0. The molecule has 0 saturated heterocycles. The van der Waals surface area contributed by atoms with Gasteiger partial charge in [-0.1, -0.05) is 37.5 Å². The van der Waals surface area contributed by atoms with Crippen molar-refractivity contribution < 1.29 is 4.79 Å². The first-order chi connectivity index (χ1) is 10.6. The summed E-state index contributed by atoms with van der Waals surface area (Å²) in [6.07, 6.45) is 6.98. The maximum absolute atomic E-state index is 12.8. The van der Waals surface area contributed by atoms with Crippen LogP contribution >= 0.6 is 0 Å². The van der Waals surface area contributed by atoms with E-state index in [1.54, 1.807) is 11.1 Å². The molecule has 0 spiro atoms. The Morgan fingerprint density at radius 2 is 1.86 bits per heavy atom. The van der Waals surface area contributed by atoms with Crippen LogP contribution in [0.3, 0.4) is 0 Å². The second-order valence-corrected chi connectivity index (χ2v) is 6.34. The molecule has 1 fully saturated rings. The van der Waals surface area contributed by atoms with E-state index in [0.717, 1.165) is 42.3 Å². The quantitative estimate of drug-likeness (QED) is 0.944. The largest absolute Gasteiger partial charge is 0.371 e. The molecule has 4 heteroatoms. The topological polar surface area (TPSA) is 45.2 Å². The molecule has 0 bridgehead atoms. The maximum atomic E-state index is 12.8. The van der Waals surface area contributed by atoms with Gasteiger partial charge >= 0.3 is 0 Å². The fourth-order valence-corrected chi connectivity index (χ4v) is 3.44. The molecule has 1 aliphatic rings. The van der Waals surface area contributed by atoms with E-state index in [0.29, 0.717) is 0 Å². The average molecular weight is 297 g/mol. The van der Waals surface area contributed by atoms with Crippen LogP contribution in [-0.2, 0) is 4.79 Å². The number of carbonyl (C=O) groups excluding carboxylic acids is 1. The highest BCUT2D eigenvalue weighted by molar-refractivity contribution is 5.95. The molecule has 2 aromatic rings. The molecule has 0 radical (unpaired) electrons. The van der Waals surface area contributed by atoms with Crippen molar-refractivity contribution >= 4 is 22.5 Å². The molecule has 0 aliphatic heterocycles. The summed E-state index contributed by atoms with van der Waals surface area (Å²) in [5.74, 6) is 0.174. The first kappa shape index (κ1) is 14.8. The second-order valence-electron chi connectivity index (χ2n) is 6.34. The van der Waals surface area contributed by atoms with Crippen LogP contribution in [0.25, 0.3) is 10.9 Å². The van der Waals surface area contributed by atoms with Gasteiger partial charge in [0.05, 0.1) is 5.52 Å². The van der Waals surface area contributed by atoms with E-state index >= 15 is 0 Å². The number of anilines is 1. The summed E-state index contributed by atoms with van der Waals surface area (Å²) in [6, 6.07) is 10.0. The Kier molecular flexibility index (Phi) is 4.01. The van der Waals surface area contributed by atoms with Gasteiger partial charge in [0.2, 0.25) is 5.91 Å². The first-order valence-electron chi connectivity index (χ1n) is 7.96. The highest BCUT2D eigenvalue weighted by Crippen LogP contribution is 2.35. The standard InChI is InChI=1S/C18H23N3O/c1-21(2)17(22)18(11-6-3-7-12-18)20-16-10-13-19-15-9-5-4-8-14(15)16/h4-5,8-10,13H,3,6-7,11-12H2,1-2H3,(H,19,20). The first-order valence-corrected chi connectivity index (χ1v) is 7.96. The van der Waals surface area contributed by atoms with Gasteiger partial charge in [-0.05, 0) is 25.0 Å². The van der Waals surface area contributed by atoms with Gasteiger partial charge in [0.1, 0.15) is 5.54 Å². The van der Waals surface area contributed by atoms with E-state index in [1.165, 1.54) is 6.42 Å². The zero-order valence-electron chi connectivity index (χ0n) is 13.3. The molecule has 1 saturated carbocycles. The summed E-state index contributed by atoms with van der Waals surface area (Å²) in [5.41, 5.74) is 1.48. The van der Waals surface area contributed by atoms with Crippen molar-refractivity contribution in [2.75, 3.05) is 19.4 Å². The zero-order chi connectivity index (χ0) is 15.6. The van der Waals surface area contributed by atoms with Gasteiger partial charge in [0.25, 0.3) is 0 Å². The van der Waals surface area contributed by atoms with E-state index in [9.17, 15) is 4.79 Å². The minimum Gasteiger partial charge on any atom is -0.371 e. The van der Waals surface area contributed by atoms with Gasteiger partial charge in [-0.2, -0.15) is 0 Å². The summed E-state index contributed by atoms with van der Waals surface area (Å²) < 4.78 is 0. The van der Waals surface area contributed by atoms with Crippen LogP contribution in [0, 0.1) is 0 Å². The molecule has 1 aliphatic carbocycles. The molecular formula is C18H23N3O. The predicted molar refractivity (Wildman–Crippen MR) is 89.9 cm³/mol. The molecule has 1 aromatic heterocycles. The minimum absolute atomic E-state index is 0.174. The summed E-state index contributed by atoms with van der Waals surface area (Å²) in [5, 5.41) is 4.66. The van der Waals surface area contributed by atoms with E-state index in [4.69, 9.17) is 0 Å². The lowest BCUT2D eigenvalue weighted by Gasteiger charge is -2.39. The van der Waals surface area contributed by atoms with Crippen LogP contribution in [0.5, 0.6) is 0 Å². The highest BCUT2D eigenvalue weighted by Gasteiger charge is 2.40. The third-order valence-corrected chi connectivity index (χ3v) is 4.55. The second kappa shape index (κ2) is 5.95. The van der Waals surface area contributed by atoms with E-state index in [1.807, 2.05) is 38.4 Å². The van der Waals surface area contributed by atoms with Crippen LogP contribution in [0.1, 0.15) is 32.1 Å². The van der Waals surface area contributed by atoms with Gasteiger partial charge in [-0.25, -0.2) is 0 Å². The number of carbonyl (C=O) groups is 1. The van der Waals surface area contributed by atoms with E-state index < -0.39 is 5.54 Å². The normalized spacial score (nSPS) is 17.2. The number of hydrogen-bond acceptors (Lipinski definition) is 3. The van der Waals surface area contributed by atoms with Crippen LogP contribution in [0.2, 0.25) is 0 Å². The molecule has 22 heavy (non-hydrogen) atoms. The number of benzene rings is 1. The number of aromatic nitrogens is 1. The fourth-order valence-electron chi connectivity index (χ4n) is 3.44. The number of amides is 1. The molecule has 0 unspecified atom stereocenters. The zero-order valence-corrected chi connectivity index (χ0v) is 13.3.